The Hall–Kier alpha value is -2.38. The Labute approximate surface area is 156 Å². The van der Waals surface area contributed by atoms with E-state index in [1.54, 1.807) is 5.56 Å². The molecule has 5 rings (SSSR count). The van der Waals surface area contributed by atoms with Crippen LogP contribution in [0, 0.1) is 0 Å². The third-order valence-electron chi connectivity index (χ3n) is 6.19. The van der Waals surface area contributed by atoms with Crippen molar-refractivity contribution in [1.29, 1.82) is 0 Å². The molecule has 0 N–H and O–H groups in total. The van der Waals surface area contributed by atoms with Crippen LogP contribution >= 0.6 is 0 Å². The van der Waals surface area contributed by atoms with E-state index in [0.717, 1.165) is 32.5 Å². The smallest absolute Gasteiger partial charge is 0.0233 e. The van der Waals surface area contributed by atoms with Crippen LogP contribution in [0.1, 0.15) is 41.7 Å². The molecule has 0 fully saturated rings. The van der Waals surface area contributed by atoms with E-state index in [0.29, 0.717) is 0 Å². The molecular formula is C25H25N. The van der Waals surface area contributed by atoms with E-state index in [9.17, 15) is 0 Å². The second-order valence-corrected chi connectivity index (χ2v) is 7.59. The van der Waals surface area contributed by atoms with Crippen LogP contribution in [0.2, 0.25) is 0 Å². The SMILES string of the molecule is CCN(CC)Cc1ccc2c(c1)Cc1c-2ccc2c1-c1ccccc1C2. The van der Waals surface area contributed by atoms with E-state index >= 15 is 0 Å². The highest BCUT2D eigenvalue weighted by atomic mass is 15.1. The van der Waals surface area contributed by atoms with E-state index < -0.39 is 0 Å². The molecule has 3 aromatic carbocycles. The molecule has 0 bridgehead atoms. The molecule has 0 atom stereocenters. The van der Waals surface area contributed by atoms with E-state index in [2.05, 4.69) is 73.3 Å². The van der Waals surface area contributed by atoms with Gasteiger partial charge in [0.2, 0.25) is 0 Å². The van der Waals surface area contributed by atoms with Gasteiger partial charge in [-0.25, -0.2) is 0 Å². The predicted octanol–water partition coefficient (Wildman–Crippen LogP) is 5.67. The Morgan fingerprint density at radius 2 is 1.54 bits per heavy atom. The zero-order valence-corrected chi connectivity index (χ0v) is 15.7. The third-order valence-corrected chi connectivity index (χ3v) is 6.19. The Balaban J connectivity index is 1.56. The Bertz CT molecular complexity index is 995. The van der Waals surface area contributed by atoms with Crippen molar-refractivity contribution in [3.63, 3.8) is 0 Å². The van der Waals surface area contributed by atoms with Gasteiger partial charge < -0.3 is 0 Å². The monoisotopic (exact) mass is 339 g/mol. The van der Waals surface area contributed by atoms with Crippen LogP contribution in [0.15, 0.2) is 54.6 Å². The molecule has 1 heteroatoms. The Morgan fingerprint density at radius 3 is 2.38 bits per heavy atom. The van der Waals surface area contributed by atoms with Crippen molar-refractivity contribution in [2.24, 2.45) is 0 Å². The van der Waals surface area contributed by atoms with Gasteiger partial charge in [-0.1, -0.05) is 68.4 Å². The van der Waals surface area contributed by atoms with Gasteiger partial charge in [0.05, 0.1) is 0 Å². The van der Waals surface area contributed by atoms with Crippen molar-refractivity contribution < 1.29 is 0 Å². The lowest BCUT2D eigenvalue weighted by atomic mass is 9.95. The number of hydrogen-bond acceptors (Lipinski definition) is 1. The quantitative estimate of drug-likeness (QED) is 0.408. The normalized spacial score (nSPS) is 13.5. The molecule has 0 radical (unpaired) electrons. The molecule has 130 valence electrons. The topological polar surface area (TPSA) is 3.24 Å². The van der Waals surface area contributed by atoms with Gasteiger partial charge in [0, 0.05) is 6.54 Å². The van der Waals surface area contributed by atoms with Crippen LogP contribution in [0.5, 0.6) is 0 Å². The van der Waals surface area contributed by atoms with Crippen molar-refractivity contribution in [3.8, 4) is 22.3 Å². The third kappa shape index (κ3) is 2.34. The van der Waals surface area contributed by atoms with Gasteiger partial charge in [-0.2, -0.15) is 0 Å². The molecule has 2 aliphatic carbocycles. The van der Waals surface area contributed by atoms with E-state index in [1.807, 2.05) is 0 Å². The summed E-state index contributed by atoms with van der Waals surface area (Å²) in [7, 11) is 0. The Morgan fingerprint density at radius 1 is 0.731 bits per heavy atom. The lowest BCUT2D eigenvalue weighted by Crippen LogP contribution is -2.22. The first-order valence-electron chi connectivity index (χ1n) is 9.86. The van der Waals surface area contributed by atoms with E-state index in [4.69, 9.17) is 0 Å². The first-order chi connectivity index (χ1) is 12.8. The molecule has 0 spiro atoms. The van der Waals surface area contributed by atoms with Gasteiger partial charge in [0.1, 0.15) is 0 Å². The maximum Gasteiger partial charge on any atom is 0.0233 e. The van der Waals surface area contributed by atoms with Crippen LogP contribution in [0.4, 0.5) is 0 Å². The van der Waals surface area contributed by atoms with Gasteiger partial charge in [-0.3, -0.25) is 4.90 Å². The maximum atomic E-state index is 2.48. The molecule has 2 aliphatic rings. The summed E-state index contributed by atoms with van der Waals surface area (Å²) >= 11 is 0. The summed E-state index contributed by atoms with van der Waals surface area (Å²) in [4.78, 5) is 2.48. The molecule has 0 amide bonds. The molecule has 0 saturated heterocycles. The minimum absolute atomic E-state index is 1.05. The van der Waals surface area contributed by atoms with Crippen LogP contribution in [-0.2, 0) is 19.4 Å². The molecule has 0 unspecified atom stereocenters. The first-order valence-corrected chi connectivity index (χ1v) is 9.86. The molecule has 0 aromatic heterocycles. The minimum Gasteiger partial charge on any atom is -0.300 e. The first kappa shape index (κ1) is 15.8. The zero-order valence-electron chi connectivity index (χ0n) is 15.7. The minimum atomic E-state index is 1.05. The van der Waals surface area contributed by atoms with Crippen molar-refractivity contribution >= 4 is 0 Å². The van der Waals surface area contributed by atoms with Gasteiger partial charge >= 0.3 is 0 Å². The van der Waals surface area contributed by atoms with Crippen LogP contribution in [0.3, 0.4) is 0 Å². The summed E-state index contributed by atoms with van der Waals surface area (Å²) < 4.78 is 0. The average Bonchev–Trinajstić information content (AvgIpc) is 3.23. The summed E-state index contributed by atoms with van der Waals surface area (Å²) in [5.74, 6) is 0. The number of fused-ring (bicyclic) bond motifs is 7. The molecular weight excluding hydrogens is 314 g/mol. The second kappa shape index (κ2) is 6.10. The summed E-state index contributed by atoms with van der Waals surface area (Å²) in [6.07, 6.45) is 2.16. The lowest BCUT2D eigenvalue weighted by molar-refractivity contribution is 0.296. The standard InChI is InChI=1S/C25H25N/c1-3-26(4-2)16-17-9-11-21-20(13-17)15-24-23(21)12-10-19-14-18-7-5-6-8-22(18)25(19)24/h5-13H,3-4,14-16H2,1-2H3. The van der Waals surface area contributed by atoms with Crippen molar-refractivity contribution in [3.05, 3.63) is 82.4 Å². The molecule has 0 aliphatic heterocycles. The second-order valence-electron chi connectivity index (χ2n) is 7.59. The molecule has 0 heterocycles. The van der Waals surface area contributed by atoms with Gasteiger partial charge in [0.15, 0.2) is 0 Å². The fraction of sp³-hybridized carbons (Fsp3) is 0.280. The van der Waals surface area contributed by atoms with E-state index in [-0.39, 0.29) is 0 Å². The average molecular weight is 339 g/mol. The van der Waals surface area contributed by atoms with E-state index in [1.165, 1.54) is 44.5 Å². The van der Waals surface area contributed by atoms with Gasteiger partial charge in [-0.15, -0.1) is 0 Å². The zero-order chi connectivity index (χ0) is 17.7. The van der Waals surface area contributed by atoms with Crippen molar-refractivity contribution in [2.75, 3.05) is 13.1 Å². The van der Waals surface area contributed by atoms with Crippen molar-refractivity contribution in [2.45, 2.75) is 33.2 Å². The largest absolute Gasteiger partial charge is 0.300 e. The Kier molecular flexibility index (Phi) is 3.72. The summed E-state index contributed by atoms with van der Waals surface area (Å²) in [5.41, 5.74) is 13.3. The summed E-state index contributed by atoms with van der Waals surface area (Å²) in [5, 5.41) is 0. The fourth-order valence-corrected chi connectivity index (χ4v) is 4.79. The number of benzene rings is 3. The number of nitrogens with zero attached hydrogens (tertiary/aromatic N) is 1. The van der Waals surface area contributed by atoms with Crippen molar-refractivity contribution in [1.82, 2.24) is 4.90 Å². The van der Waals surface area contributed by atoms with Gasteiger partial charge in [0.25, 0.3) is 0 Å². The van der Waals surface area contributed by atoms with Gasteiger partial charge in [-0.05, 0) is 76.0 Å². The highest BCUT2D eigenvalue weighted by molar-refractivity contribution is 5.89. The fourth-order valence-electron chi connectivity index (χ4n) is 4.79. The number of hydrogen-bond donors (Lipinski definition) is 0. The molecule has 26 heavy (non-hydrogen) atoms. The maximum absolute atomic E-state index is 2.48. The lowest BCUT2D eigenvalue weighted by Gasteiger charge is -2.18. The summed E-state index contributed by atoms with van der Waals surface area (Å²) in [6.45, 7) is 7.76. The van der Waals surface area contributed by atoms with Crippen LogP contribution in [-0.4, -0.2) is 18.0 Å². The highest BCUT2D eigenvalue weighted by Gasteiger charge is 2.28. The number of rotatable bonds is 4. The molecule has 0 saturated carbocycles. The predicted molar refractivity (Wildman–Crippen MR) is 110 cm³/mol. The summed E-state index contributed by atoms with van der Waals surface area (Å²) in [6, 6.07) is 20.8. The van der Waals surface area contributed by atoms with Crippen LogP contribution in [0.25, 0.3) is 22.3 Å². The highest BCUT2D eigenvalue weighted by Crippen LogP contribution is 2.47. The van der Waals surface area contributed by atoms with Crippen LogP contribution < -0.4 is 0 Å². The molecule has 3 aromatic rings. The molecule has 1 nitrogen and oxygen atoms in total.